The smallest absolute Gasteiger partial charge is 0.270 e. The first-order valence-electron chi connectivity index (χ1n) is 26.1. The molecule has 0 amide bonds. The monoisotopic (exact) mass is 1180 g/mol. The molecule has 6 rings (SSSR count). The zero-order chi connectivity index (χ0) is 58.1. The van der Waals surface area contributed by atoms with Gasteiger partial charge in [-0.25, -0.2) is 33.7 Å². The predicted molar refractivity (Wildman–Crippen MR) is 307 cm³/mol. The van der Waals surface area contributed by atoms with E-state index in [9.17, 15) is 54.0 Å². The van der Waals surface area contributed by atoms with Gasteiger partial charge in [-0.1, -0.05) is 109 Å². The lowest BCUT2D eigenvalue weighted by molar-refractivity contribution is -0.385. The zero-order valence-corrected chi connectivity index (χ0v) is 48.3. The van der Waals surface area contributed by atoms with Crippen molar-refractivity contribution in [3.05, 3.63) is 119 Å². The van der Waals surface area contributed by atoms with Gasteiger partial charge in [-0.2, -0.15) is 0 Å². The number of nitro benzene ring substituents is 1. The number of sulfonamides is 3. The molecule has 6 aromatic carbocycles. The Morgan fingerprint density at radius 3 is 1.75 bits per heavy atom. The fourth-order valence-electron chi connectivity index (χ4n) is 8.60. The molecule has 0 heterocycles. The van der Waals surface area contributed by atoms with Gasteiger partial charge in [0, 0.05) is 42.3 Å². The molecule has 80 heavy (non-hydrogen) atoms. The van der Waals surface area contributed by atoms with Gasteiger partial charge in [0.15, 0.2) is 9.84 Å². The first-order valence-corrected chi connectivity index (χ1v) is 32.4. The van der Waals surface area contributed by atoms with Crippen molar-refractivity contribution in [3.63, 3.8) is 0 Å². The van der Waals surface area contributed by atoms with E-state index in [1.54, 1.807) is 6.92 Å². The molecule has 0 fully saturated rings. The SMILES string of the molecule is CCCCCCCCCCCCCCCCOc1cc(NS(=O)(=O)c2cc(NS(=O)(=O)c3cccc(S(=O)(=O)Nc4cccc5c(O)ccc(N=Nc6ccc([N+](=O)[O-])cc6S(C)(=O)=O)c45)c3)ccc2OCCOC)c(O)cc1C. The van der Waals surface area contributed by atoms with Crippen LogP contribution in [0.2, 0.25) is 0 Å². The number of anilines is 3. The second-order valence-corrected chi connectivity index (χ2v) is 26.1. The summed E-state index contributed by atoms with van der Waals surface area (Å²) in [7, 11) is -16.7. The van der Waals surface area contributed by atoms with Crippen molar-refractivity contribution >= 4 is 84.8 Å². The molecular formula is C55H68N6O15S4. The lowest BCUT2D eigenvalue weighted by atomic mass is 10.0. The molecule has 0 spiro atoms. The van der Waals surface area contributed by atoms with Crippen molar-refractivity contribution in [2.75, 3.05) is 47.4 Å². The Kier molecular flexibility index (Phi) is 22.0. The first-order chi connectivity index (χ1) is 38.0. The molecule has 0 radical (unpaired) electrons. The Bertz CT molecular complexity index is 3640. The Labute approximate surface area is 468 Å². The van der Waals surface area contributed by atoms with Crippen molar-refractivity contribution < 1.29 is 63.0 Å². The fourth-order valence-corrected chi connectivity index (χ4v) is 12.9. The minimum Gasteiger partial charge on any atom is -0.507 e. The fraction of sp³-hybridized carbons (Fsp3) is 0.382. The van der Waals surface area contributed by atoms with Crippen molar-refractivity contribution in [1.29, 1.82) is 0 Å². The van der Waals surface area contributed by atoms with E-state index in [0.29, 0.717) is 17.9 Å². The number of nitrogens with zero attached hydrogens (tertiary/aromatic N) is 3. The van der Waals surface area contributed by atoms with Crippen LogP contribution in [0.3, 0.4) is 0 Å². The summed E-state index contributed by atoms with van der Waals surface area (Å²) < 4.78 is 134. The second kappa shape index (κ2) is 28.4. The van der Waals surface area contributed by atoms with Gasteiger partial charge in [-0.3, -0.25) is 24.3 Å². The quantitative estimate of drug-likeness (QED) is 0.00841. The second-order valence-electron chi connectivity index (χ2n) is 19.1. The van der Waals surface area contributed by atoms with Crippen molar-refractivity contribution in [3.8, 4) is 23.0 Å². The van der Waals surface area contributed by atoms with Crippen LogP contribution in [0.4, 0.5) is 34.1 Å². The maximum Gasteiger partial charge on any atom is 0.270 e. The lowest BCUT2D eigenvalue weighted by Crippen LogP contribution is -2.18. The van der Waals surface area contributed by atoms with Crippen LogP contribution in [0.25, 0.3) is 10.8 Å². The number of phenolic OH excluding ortho intramolecular Hbond substituents is 2. The summed E-state index contributed by atoms with van der Waals surface area (Å²) in [5.41, 5.74) is -0.919. The lowest BCUT2D eigenvalue weighted by Gasteiger charge is -2.17. The number of hydrogen-bond donors (Lipinski definition) is 5. The number of ether oxygens (including phenoxy) is 3. The molecule has 0 atom stereocenters. The number of methoxy groups -OCH3 is 1. The van der Waals surface area contributed by atoms with Crippen molar-refractivity contribution in [1.82, 2.24) is 0 Å². The number of fused-ring (bicyclic) bond motifs is 1. The van der Waals surface area contributed by atoms with E-state index in [0.717, 1.165) is 74.4 Å². The van der Waals surface area contributed by atoms with E-state index in [2.05, 4.69) is 31.3 Å². The third-order valence-electron chi connectivity index (χ3n) is 12.8. The molecule has 0 saturated heterocycles. The van der Waals surface area contributed by atoms with Crippen LogP contribution >= 0.6 is 0 Å². The van der Waals surface area contributed by atoms with Crippen LogP contribution < -0.4 is 23.6 Å². The third kappa shape index (κ3) is 17.2. The number of rotatable bonds is 33. The number of aromatic hydroxyl groups is 2. The minimum atomic E-state index is -4.68. The van der Waals surface area contributed by atoms with Crippen LogP contribution in [0.15, 0.2) is 133 Å². The summed E-state index contributed by atoms with van der Waals surface area (Å²) in [6.07, 6.45) is 17.7. The average Bonchev–Trinajstić information content (AvgIpc) is 3.41. The standard InChI is InChI=1S/C55H68N6O15S4/c1-5-6-7-8-9-10-11-12-13-14-15-16-17-18-31-75-52-38-48(50(63)34-39(52)2)60-80(72,73)54-35-40(25-30-51(54)76-33-32-74-3)58-78(68,69)42-21-19-22-43(37-42)79(70,71)59-47-24-20-23-44-49(62)29-28-46(55(44)47)57-56-45-27-26-41(61(64)65)36-53(45)77(4,66)67/h19-30,34-38,58-60,62-63H,5-18,31-33H2,1-4H3. The number of nitro groups is 1. The molecule has 21 nitrogen and oxygen atoms in total. The maximum absolute atomic E-state index is 14.2. The molecule has 0 aliphatic carbocycles. The molecule has 6 aromatic rings. The largest absolute Gasteiger partial charge is 0.507 e. The highest BCUT2D eigenvalue weighted by Gasteiger charge is 2.27. The number of unbranched alkanes of at least 4 members (excludes halogenated alkanes) is 13. The Morgan fingerprint density at radius 2 is 1.12 bits per heavy atom. The van der Waals surface area contributed by atoms with Gasteiger partial charge in [0.05, 0.1) is 50.7 Å². The minimum absolute atomic E-state index is 0.00949. The highest BCUT2D eigenvalue weighted by atomic mass is 32.2. The Morgan fingerprint density at radius 1 is 0.550 bits per heavy atom. The van der Waals surface area contributed by atoms with Crippen LogP contribution in [0.1, 0.15) is 102 Å². The average molecular weight is 1180 g/mol. The summed E-state index contributed by atoms with van der Waals surface area (Å²) >= 11 is 0. The summed E-state index contributed by atoms with van der Waals surface area (Å²) in [5, 5.41) is 41.3. The van der Waals surface area contributed by atoms with Gasteiger partial charge in [0.25, 0.3) is 35.8 Å². The summed E-state index contributed by atoms with van der Waals surface area (Å²) in [6, 6.07) is 20.1. The van der Waals surface area contributed by atoms with Gasteiger partial charge in [-0.15, -0.1) is 10.2 Å². The molecule has 0 aromatic heterocycles. The Balaban J connectivity index is 1.17. The van der Waals surface area contributed by atoms with Crippen LogP contribution in [-0.4, -0.2) is 82.0 Å². The van der Waals surface area contributed by atoms with Crippen molar-refractivity contribution in [2.24, 2.45) is 10.2 Å². The number of sulfone groups is 1. The maximum atomic E-state index is 14.2. The van der Waals surface area contributed by atoms with Gasteiger partial charge in [-0.05, 0) is 85.6 Å². The van der Waals surface area contributed by atoms with Gasteiger partial charge in [0.1, 0.15) is 45.1 Å². The first kappa shape index (κ1) is 62.1. The van der Waals surface area contributed by atoms with E-state index < -0.39 is 75.8 Å². The van der Waals surface area contributed by atoms with Gasteiger partial charge < -0.3 is 24.4 Å². The molecule has 0 aliphatic rings. The molecule has 0 aliphatic heterocycles. The number of aryl methyl sites for hydroxylation is 1. The highest BCUT2D eigenvalue weighted by Crippen LogP contribution is 2.41. The van der Waals surface area contributed by atoms with Crippen molar-refractivity contribution in [2.45, 2.75) is 123 Å². The zero-order valence-electron chi connectivity index (χ0n) is 45.0. The van der Waals surface area contributed by atoms with Crippen LogP contribution in [0, 0.1) is 17.0 Å². The number of benzene rings is 6. The molecule has 0 bridgehead atoms. The topological polar surface area (TPSA) is 309 Å². The molecule has 25 heteroatoms. The molecule has 0 unspecified atom stereocenters. The number of non-ortho nitro benzene ring substituents is 1. The van der Waals surface area contributed by atoms with E-state index in [4.69, 9.17) is 14.2 Å². The van der Waals surface area contributed by atoms with E-state index in [1.165, 1.54) is 132 Å². The summed E-state index contributed by atoms with van der Waals surface area (Å²) in [4.78, 5) is 8.49. The normalized spacial score (nSPS) is 12.2. The Hall–Kier alpha value is -7.06. The predicted octanol–water partition coefficient (Wildman–Crippen LogP) is 12.6. The van der Waals surface area contributed by atoms with Crippen LogP contribution in [0.5, 0.6) is 23.0 Å². The third-order valence-corrected chi connectivity index (χ3v) is 18.1. The summed E-state index contributed by atoms with van der Waals surface area (Å²) in [6.45, 7) is 4.30. The molecular weight excluding hydrogens is 1110 g/mol. The number of nitrogens with one attached hydrogen (secondary N) is 3. The molecule has 432 valence electrons. The summed E-state index contributed by atoms with van der Waals surface area (Å²) in [5.74, 6) is -0.532. The van der Waals surface area contributed by atoms with E-state index in [1.807, 2.05) is 0 Å². The van der Waals surface area contributed by atoms with Crippen LogP contribution in [-0.2, 0) is 44.6 Å². The highest BCUT2D eigenvalue weighted by molar-refractivity contribution is 7.94. The number of phenols is 2. The van der Waals surface area contributed by atoms with Gasteiger partial charge in [0.2, 0.25) is 0 Å². The van der Waals surface area contributed by atoms with Gasteiger partial charge >= 0.3 is 0 Å². The van der Waals surface area contributed by atoms with E-state index >= 15 is 0 Å². The number of azo groups is 1. The molecule has 5 N–H and O–H groups in total. The number of hydrogen-bond acceptors (Lipinski definition) is 17. The molecule has 0 saturated carbocycles. The van der Waals surface area contributed by atoms with E-state index in [-0.39, 0.29) is 63.9 Å².